The summed E-state index contributed by atoms with van der Waals surface area (Å²) in [4.78, 5) is 4.64. The van der Waals surface area contributed by atoms with Crippen molar-refractivity contribution in [1.82, 2.24) is 14.8 Å². The molecule has 0 aliphatic heterocycles. The number of aromatic nitrogens is 3. The fourth-order valence-electron chi connectivity index (χ4n) is 1.86. The Hall–Kier alpha value is -1.95. The molecule has 0 amide bonds. The Balaban J connectivity index is 2.40. The van der Waals surface area contributed by atoms with Crippen molar-refractivity contribution in [2.75, 3.05) is 0 Å². The van der Waals surface area contributed by atoms with Gasteiger partial charge in [-0.1, -0.05) is 12.2 Å². The minimum atomic E-state index is 0.280. The van der Waals surface area contributed by atoms with E-state index in [1.54, 1.807) is 10.9 Å². The van der Waals surface area contributed by atoms with Crippen molar-refractivity contribution in [3.63, 3.8) is 0 Å². The van der Waals surface area contributed by atoms with E-state index in [0.717, 1.165) is 17.8 Å². The molecule has 0 radical (unpaired) electrons. The molecule has 0 fully saturated rings. The van der Waals surface area contributed by atoms with E-state index in [2.05, 4.69) is 10.1 Å². The fourth-order valence-corrected chi connectivity index (χ4v) is 2.11. The molecule has 2 aromatic heterocycles. The smallest absolute Gasteiger partial charge is 0.230 e. The average Bonchev–Trinajstić information content (AvgIpc) is 2.75. The van der Waals surface area contributed by atoms with Crippen LogP contribution in [0, 0.1) is 13.8 Å². The zero-order chi connectivity index (χ0) is 14.0. The van der Waals surface area contributed by atoms with Crippen molar-refractivity contribution in [1.29, 1.82) is 0 Å². The predicted octanol–water partition coefficient (Wildman–Crippen LogP) is 2.34. The lowest BCUT2D eigenvalue weighted by atomic mass is 10.1. The Morgan fingerprint density at radius 3 is 2.79 bits per heavy atom. The van der Waals surface area contributed by atoms with Crippen molar-refractivity contribution in [3.05, 3.63) is 35.3 Å². The summed E-state index contributed by atoms with van der Waals surface area (Å²) in [6.07, 6.45) is 3.45. The lowest BCUT2D eigenvalue weighted by Crippen LogP contribution is -2.14. The van der Waals surface area contributed by atoms with E-state index in [9.17, 15) is 0 Å². The van der Waals surface area contributed by atoms with Crippen molar-refractivity contribution in [3.8, 4) is 11.6 Å². The van der Waals surface area contributed by atoms with Gasteiger partial charge in [0.25, 0.3) is 0 Å². The number of rotatable bonds is 4. The number of hydrogen-bond donors (Lipinski definition) is 1. The number of aryl methyl sites for hydroxylation is 3. The Labute approximate surface area is 117 Å². The second-order valence-corrected chi connectivity index (χ2v) is 4.70. The summed E-state index contributed by atoms with van der Waals surface area (Å²) in [6, 6.07) is 1.93. The van der Waals surface area contributed by atoms with Crippen LogP contribution in [0.3, 0.4) is 0 Å². The number of pyridine rings is 1. The summed E-state index contributed by atoms with van der Waals surface area (Å²) in [7, 11) is 0. The predicted molar refractivity (Wildman–Crippen MR) is 77.6 cm³/mol. The van der Waals surface area contributed by atoms with Gasteiger partial charge >= 0.3 is 0 Å². The molecule has 0 unspecified atom stereocenters. The number of hydrogen-bond acceptors (Lipinski definition) is 4. The molecule has 5 nitrogen and oxygen atoms in total. The minimum Gasteiger partial charge on any atom is -0.435 e. The van der Waals surface area contributed by atoms with Gasteiger partial charge in [0.2, 0.25) is 5.88 Å². The standard InChI is InChI=1S/C13H16N4OS/c1-4-17-7-10(6-15-17)18-13-11(12(14)19)8(2)5-9(3)16-13/h5-7H,4H2,1-3H3,(H2,14,19). The van der Waals surface area contributed by atoms with Crippen LogP contribution in [0.1, 0.15) is 23.7 Å². The SMILES string of the molecule is CCn1cc(Oc2nc(C)cc(C)c2C(N)=S)cn1. The van der Waals surface area contributed by atoms with Crippen LogP contribution in [0.2, 0.25) is 0 Å². The molecule has 2 aromatic rings. The quantitative estimate of drug-likeness (QED) is 0.868. The van der Waals surface area contributed by atoms with Crippen LogP contribution < -0.4 is 10.5 Å². The molecule has 6 heteroatoms. The first-order valence-electron chi connectivity index (χ1n) is 5.99. The summed E-state index contributed by atoms with van der Waals surface area (Å²) in [6.45, 7) is 6.63. The van der Waals surface area contributed by atoms with Crippen molar-refractivity contribution in [2.24, 2.45) is 5.73 Å². The van der Waals surface area contributed by atoms with Gasteiger partial charge in [-0.15, -0.1) is 0 Å². The Morgan fingerprint density at radius 2 is 2.21 bits per heavy atom. The largest absolute Gasteiger partial charge is 0.435 e. The summed E-state index contributed by atoms with van der Waals surface area (Å²) in [5, 5.41) is 4.15. The van der Waals surface area contributed by atoms with Gasteiger partial charge in [0.1, 0.15) is 4.99 Å². The number of nitrogens with zero attached hydrogens (tertiary/aromatic N) is 3. The minimum absolute atomic E-state index is 0.280. The molecule has 100 valence electrons. The van der Waals surface area contributed by atoms with Gasteiger partial charge in [0.05, 0.1) is 18.0 Å². The highest BCUT2D eigenvalue weighted by Gasteiger charge is 2.14. The zero-order valence-electron chi connectivity index (χ0n) is 11.2. The third kappa shape index (κ3) is 2.90. The number of ether oxygens (including phenoxy) is 1. The summed E-state index contributed by atoms with van der Waals surface area (Å²) < 4.78 is 7.53. The van der Waals surface area contributed by atoms with E-state index in [1.807, 2.05) is 33.0 Å². The van der Waals surface area contributed by atoms with Crippen LogP contribution in [0.5, 0.6) is 11.6 Å². The van der Waals surface area contributed by atoms with Crippen LogP contribution in [0.15, 0.2) is 18.5 Å². The third-order valence-corrected chi connectivity index (χ3v) is 2.91. The molecule has 19 heavy (non-hydrogen) atoms. The molecule has 0 atom stereocenters. The van der Waals surface area contributed by atoms with Crippen molar-refractivity contribution in [2.45, 2.75) is 27.3 Å². The fraction of sp³-hybridized carbons (Fsp3) is 0.308. The highest BCUT2D eigenvalue weighted by Crippen LogP contribution is 2.26. The Bertz CT molecular complexity index is 621. The van der Waals surface area contributed by atoms with Crippen LogP contribution in [0.4, 0.5) is 0 Å². The Morgan fingerprint density at radius 1 is 1.47 bits per heavy atom. The second kappa shape index (κ2) is 5.36. The maximum atomic E-state index is 5.75. The second-order valence-electron chi connectivity index (χ2n) is 4.26. The summed E-state index contributed by atoms with van der Waals surface area (Å²) in [5.41, 5.74) is 8.23. The maximum absolute atomic E-state index is 5.75. The molecule has 0 aliphatic rings. The first-order chi connectivity index (χ1) is 9.01. The maximum Gasteiger partial charge on any atom is 0.230 e. The van der Waals surface area contributed by atoms with E-state index >= 15 is 0 Å². The van der Waals surface area contributed by atoms with Gasteiger partial charge in [0, 0.05) is 12.2 Å². The van der Waals surface area contributed by atoms with Gasteiger partial charge in [-0.2, -0.15) is 5.10 Å². The van der Waals surface area contributed by atoms with Gasteiger partial charge in [-0.25, -0.2) is 4.98 Å². The molecular weight excluding hydrogens is 260 g/mol. The van der Waals surface area contributed by atoms with Crippen molar-refractivity contribution < 1.29 is 4.74 Å². The molecule has 2 N–H and O–H groups in total. The van der Waals surface area contributed by atoms with Gasteiger partial charge in [-0.3, -0.25) is 4.68 Å². The molecule has 2 rings (SSSR count). The Kier molecular flexibility index (Phi) is 3.80. The molecule has 2 heterocycles. The van der Waals surface area contributed by atoms with Crippen LogP contribution in [-0.4, -0.2) is 19.8 Å². The van der Waals surface area contributed by atoms with E-state index in [-0.39, 0.29) is 4.99 Å². The van der Waals surface area contributed by atoms with Gasteiger partial charge in [0.15, 0.2) is 5.75 Å². The van der Waals surface area contributed by atoms with Gasteiger partial charge < -0.3 is 10.5 Å². The molecule has 0 saturated heterocycles. The first kappa shape index (κ1) is 13.5. The molecule has 0 aromatic carbocycles. The lowest BCUT2D eigenvalue weighted by molar-refractivity contribution is 0.459. The van der Waals surface area contributed by atoms with Crippen molar-refractivity contribution >= 4 is 17.2 Å². The number of thiocarbonyl (C=S) groups is 1. The number of nitrogens with two attached hydrogens (primary N) is 1. The molecular formula is C13H16N4OS. The topological polar surface area (TPSA) is 66.0 Å². The molecule has 0 bridgehead atoms. The highest BCUT2D eigenvalue weighted by molar-refractivity contribution is 7.80. The zero-order valence-corrected chi connectivity index (χ0v) is 12.0. The van der Waals surface area contributed by atoms with E-state index in [4.69, 9.17) is 22.7 Å². The van der Waals surface area contributed by atoms with E-state index in [1.165, 1.54) is 0 Å². The highest BCUT2D eigenvalue weighted by atomic mass is 32.1. The molecule has 0 aliphatic carbocycles. The lowest BCUT2D eigenvalue weighted by Gasteiger charge is -2.11. The average molecular weight is 276 g/mol. The monoisotopic (exact) mass is 276 g/mol. The van der Waals surface area contributed by atoms with E-state index < -0.39 is 0 Å². The summed E-state index contributed by atoms with van der Waals surface area (Å²) >= 11 is 5.06. The van der Waals surface area contributed by atoms with Crippen LogP contribution in [0.25, 0.3) is 0 Å². The van der Waals surface area contributed by atoms with Crippen LogP contribution >= 0.6 is 12.2 Å². The molecule has 0 saturated carbocycles. The summed E-state index contributed by atoms with van der Waals surface area (Å²) in [5.74, 6) is 1.05. The third-order valence-electron chi connectivity index (χ3n) is 2.71. The normalized spacial score (nSPS) is 10.5. The molecule has 0 spiro atoms. The van der Waals surface area contributed by atoms with Crippen LogP contribution in [-0.2, 0) is 6.54 Å². The van der Waals surface area contributed by atoms with Gasteiger partial charge in [-0.05, 0) is 32.4 Å². The first-order valence-corrected chi connectivity index (χ1v) is 6.40. The van der Waals surface area contributed by atoms with E-state index in [0.29, 0.717) is 17.2 Å².